The third-order valence-corrected chi connectivity index (χ3v) is 3.44. The average Bonchev–Trinajstić information content (AvgIpc) is 2.92. The predicted molar refractivity (Wildman–Crippen MR) is 73.8 cm³/mol. The lowest BCUT2D eigenvalue weighted by atomic mass is 10.3. The predicted octanol–water partition coefficient (Wildman–Crippen LogP) is 1.26. The van der Waals surface area contributed by atoms with E-state index in [0.29, 0.717) is 17.3 Å². The molecule has 0 aliphatic carbocycles. The molecule has 7 nitrogen and oxygen atoms in total. The first-order valence-electron chi connectivity index (χ1n) is 6.15. The van der Waals surface area contributed by atoms with Crippen molar-refractivity contribution in [3.8, 4) is 0 Å². The molecule has 0 aromatic carbocycles. The van der Waals surface area contributed by atoms with Gasteiger partial charge in [0.05, 0.1) is 19.6 Å². The molecular weight excluding hydrogens is 282 g/mol. The fourth-order valence-electron chi connectivity index (χ4n) is 1.77. The Morgan fingerprint density at radius 3 is 2.70 bits per heavy atom. The summed E-state index contributed by atoms with van der Waals surface area (Å²) in [6.45, 7) is 4.02. The van der Waals surface area contributed by atoms with E-state index in [1.54, 1.807) is 23.6 Å². The Labute approximate surface area is 119 Å². The molecule has 108 valence electrons. The van der Waals surface area contributed by atoms with E-state index in [1.165, 1.54) is 11.3 Å². The molecule has 0 aliphatic rings. The Morgan fingerprint density at radius 1 is 1.35 bits per heavy atom. The van der Waals surface area contributed by atoms with Crippen molar-refractivity contribution in [3.63, 3.8) is 0 Å². The van der Waals surface area contributed by atoms with E-state index in [2.05, 4.69) is 4.98 Å². The molecule has 2 heterocycles. The van der Waals surface area contributed by atoms with Gasteiger partial charge in [-0.05, 0) is 13.8 Å². The molecule has 0 radical (unpaired) electrons. The Kier molecular flexibility index (Phi) is 4.23. The highest BCUT2D eigenvalue weighted by Gasteiger charge is 2.21. The maximum Gasteiger partial charge on any atom is 0.360 e. The van der Waals surface area contributed by atoms with Crippen molar-refractivity contribution in [2.24, 2.45) is 0 Å². The Bertz CT molecular complexity index is 646. The lowest BCUT2D eigenvalue weighted by Gasteiger charge is -2.03. The van der Waals surface area contributed by atoms with Crippen LogP contribution in [-0.4, -0.2) is 34.5 Å². The highest BCUT2D eigenvalue weighted by Crippen LogP contribution is 2.24. The number of rotatable bonds is 5. The first-order valence-corrected chi connectivity index (χ1v) is 7.03. The fourth-order valence-corrected chi connectivity index (χ4v) is 2.67. The first-order chi connectivity index (χ1) is 9.58. The zero-order valence-electron chi connectivity index (χ0n) is 11.2. The number of fused-ring (bicyclic) bond motifs is 1. The fraction of sp³-hybridized carbons (Fsp3) is 0.417. The van der Waals surface area contributed by atoms with Crippen LogP contribution in [0.2, 0.25) is 0 Å². The van der Waals surface area contributed by atoms with Crippen LogP contribution in [0, 0.1) is 0 Å². The van der Waals surface area contributed by atoms with E-state index in [9.17, 15) is 9.59 Å². The molecule has 8 heteroatoms. The summed E-state index contributed by atoms with van der Waals surface area (Å²) in [7, 11) is 0. The number of carbonyl (C=O) groups excluding carboxylic acids is 2. The summed E-state index contributed by atoms with van der Waals surface area (Å²) in [6.07, 6.45) is 0.0800. The molecule has 0 aliphatic heterocycles. The molecule has 0 spiro atoms. The van der Waals surface area contributed by atoms with Gasteiger partial charge in [0.2, 0.25) is 0 Å². The highest BCUT2D eigenvalue weighted by molar-refractivity contribution is 7.15. The number of aromatic nitrogens is 2. The summed E-state index contributed by atoms with van der Waals surface area (Å²) >= 11 is 1.30. The number of ether oxygens (including phenoxy) is 2. The van der Waals surface area contributed by atoms with Gasteiger partial charge in [0.15, 0.2) is 10.7 Å². The highest BCUT2D eigenvalue weighted by atomic mass is 32.1. The number of carbonyl (C=O) groups is 2. The summed E-state index contributed by atoms with van der Waals surface area (Å²) in [6, 6.07) is 0. The monoisotopic (exact) mass is 297 g/mol. The number of nitrogens with zero attached hydrogens (tertiary/aromatic N) is 2. The molecule has 0 saturated carbocycles. The van der Waals surface area contributed by atoms with Crippen molar-refractivity contribution in [2.45, 2.75) is 20.3 Å². The van der Waals surface area contributed by atoms with E-state index in [4.69, 9.17) is 15.2 Å². The smallest absolute Gasteiger partial charge is 0.360 e. The molecule has 2 rings (SSSR count). The molecule has 0 atom stereocenters. The third kappa shape index (κ3) is 2.60. The van der Waals surface area contributed by atoms with Crippen molar-refractivity contribution in [1.29, 1.82) is 0 Å². The zero-order chi connectivity index (χ0) is 14.7. The van der Waals surface area contributed by atoms with Crippen molar-refractivity contribution in [1.82, 2.24) is 9.38 Å². The SMILES string of the molecule is CCOC(=O)Cc1csc2nc(C(=O)OCC)c(N)n12. The van der Waals surface area contributed by atoms with Crippen molar-refractivity contribution in [3.05, 3.63) is 16.8 Å². The van der Waals surface area contributed by atoms with Crippen LogP contribution in [0.15, 0.2) is 5.38 Å². The molecule has 0 unspecified atom stereocenters. The second-order valence-corrected chi connectivity index (χ2v) is 4.73. The molecular formula is C12H15N3O4S. The maximum absolute atomic E-state index is 11.7. The van der Waals surface area contributed by atoms with Crippen LogP contribution in [0.4, 0.5) is 5.82 Å². The quantitative estimate of drug-likeness (QED) is 0.835. The van der Waals surface area contributed by atoms with Crippen molar-refractivity contribution in [2.75, 3.05) is 18.9 Å². The van der Waals surface area contributed by atoms with Crippen LogP contribution in [0.5, 0.6) is 0 Å². The summed E-state index contributed by atoms with van der Waals surface area (Å²) < 4.78 is 11.4. The summed E-state index contributed by atoms with van der Waals surface area (Å²) in [4.78, 5) is 27.9. The lowest BCUT2D eigenvalue weighted by molar-refractivity contribution is -0.142. The first kappa shape index (κ1) is 14.3. The van der Waals surface area contributed by atoms with Gasteiger partial charge in [0, 0.05) is 11.1 Å². The minimum Gasteiger partial charge on any atom is -0.466 e. The Morgan fingerprint density at radius 2 is 2.05 bits per heavy atom. The van der Waals surface area contributed by atoms with Crippen molar-refractivity contribution >= 4 is 34.1 Å². The molecule has 0 saturated heterocycles. The minimum absolute atomic E-state index is 0.0730. The number of hydrogen-bond donors (Lipinski definition) is 1. The van der Waals surface area contributed by atoms with Gasteiger partial charge in [0.1, 0.15) is 5.82 Å². The maximum atomic E-state index is 11.7. The van der Waals surface area contributed by atoms with Crippen LogP contribution < -0.4 is 5.73 Å². The number of esters is 2. The summed E-state index contributed by atoms with van der Waals surface area (Å²) in [5.74, 6) is -0.736. The third-order valence-electron chi connectivity index (χ3n) is 2.57. The number of imidazole rings is 1. The van der Waals surface area contributed by atoms with Gasteiger partial charge in [-0.2, -0.15) is 0 Å². The number of thiazole rings is 1. The standard InChI is InChI=1S/C12H15N3O4S/c1-3-18-8(16)5-7-6-20-12-14-9(10(13)15(7)12)11(17)19-4-2/h6H,3-5,13H2,1-2H3. The van der Waals surface area contributed by atoms with Gasteiger partial charge >= 0.3 is 11.9 Å². The van der Waals surface area contributed by atoms with E-state index in [-0.39, 0.29) is 30.5 Å². The van der Waals surface area contributed by atoms with Crippen LogP contribution >= 0.6 is 11.3 Å². The number of hydrogen-bond acceptors (Lipinski definition) is 7. The minimum atomic E-state index is -0.567. The molecule has 2 N–H and O–H groups in total. The average molecular weight is 297 g/mol. The summed E-state index contributed by atoms with van der Waals surface area (Å²) in [5, 5.41) is 1.77. The Hall–Kier alpha value is -2.09. The van der Waals surface area contributed by atoms with Gasteiger partial charge in [0.25, 0.3) is 0 Å². The molecule has 0 bridgehead atoms. The molecule has 2 aromatic rings. The van der Waals surface area contributed by atoms with Gasteiger partial charge in [-0.3, -0.25) is 9.20 Å². The van der Waals surface area contributed by atoms with Crippen LogP contribution in [0.25, 0.3) is 4.96 Å². The molecule has 0 fully saturated rings. The van der Waals surface area contributed by atoms with E-state index in [0.717, 1.165) is 0 Å². The van der Waals surface area contributed by atoms with Crippen LogP contribution in [-0.2, 0) is 20.7 Å². The van der Waals surface area contributed by atoms with Crippen molar-refractivity contribution < 1.29 is 19.1 Å². The van der Waals surface area contributed by atoms with Crippen LogP contribution in [0.3, 0.4) is 0 Å². The van der Waals surface area contributed by atoms with Gasteiger partial charge in [-0.15, -0.1) is 11.3 Å². The van der Waals surface area contributed by atoms with Gasteiger partial charge in [-0.1, -0.05) is 0 Å². The summed E-state index contributed by atoms with van der Waals surface area (Å²) in [5.41, 5.74) is 6.63. The largest absolute Gasteiger partial charge is 0.466 e. The van der Waals surface area contributed by atoms with E-state index in [1.807, 2.05) is 0 Å². The topological polar surface area (TPSA) is 95.9 Å². The Balaban J connectivity index is 2.34. The number of anilines is 1. The number of nitrogens with two attached hydrogens (primary N) is 1. The lowest BCUT2D eigenvalue weighted by Crippen LogP contribution is -2.11. The zero-order valence-corrected chi connectivity index (χ0v) is 12.0. The normalized spacial score (nSPS) is 10.7. The van der Waals surface area contributed by atoms with E-state index >= 15 is 0 Å². The molecule has 20 heavy (non-hydrogen) atoms. The number of nitrogen functional groups attached to an aromatic ring is 1. The second kappa shape index (κ2) is 5.91. The van der Waals surface area contributed by atoms with Crippen LogP contribution in [0.1, 0.15) is 30.0 Å². The van der Waals surface area contributed by atoms with E-state index < -0.39 is 5.97 Å². The van der Waals surface area contributed by atoms with Gasteiger partial charge < -0.3 is 15.2 Å². The molecule has 0 amide bonds. The van der Waals surface area contributed by atoms with Gasteiger partial charge in [-0.25, -0.2) is 9.78 Å². The second-order valence-electron chi connectivity index (χ2n) is 3.89. The molecule has 2 aromatic heterocycles.